The van der Waals surface area contributed by atoms with Crippen molar-refractivity contribution >= 4 is 57.4 Å². The Morgan fingerprint density at radius 2 is 1.27 bits per heavy atom. The number of amides is 3. The number of hydrogen-bond acceptors (Lipinski definition) is 9. The van der Waals surface area contributed by atoms with Crippen molar-refractivity contribution < 1.29 is 37.9 Å². The summed E-state index contributed by atoms with van der Waals surface area (Å²) < 4.78 is 33.6. The molecule has 1 heterocycles. The fraction of sp³-hybridized carbons (Fsp3) is 0.200. The van der Waals surface area contributed by atoms with Gasteiger partial charge in [-0.2, -0.15) is 0 Å². The van der Waals surface area contributed by atoms with Crippen molar-refractivity contribution in [3.8, 4) is 11.5 Å². The van der Waals surface area contributed by atoms with E-state index in [1.54, 1.807) is 66.7 Å². The standard InChI is InChI=1S/C20H24N2O5.C15H13N3O3S/c1-15(23)21-17-3-7-19(8-4-17)26-13-11-25-12-14-27-20-9-5-18(6-10-20)22-16(2)24;1-21-15(19)18-14-16-12-8-7-11(9-13(12)17-14)22(20)10-5-3-2-4-6-10/h3-10H,11-14H2,1-2H3,(H,21,23)(H,22,24);2-9H,1H3,(H2,16,17,18,19). The van der Waals surface area contributed by atoms with E-state index >= 15 is 0 Å². The Labute approximate surface area is 286 Å². The topological polar surface area (TPSA) is 176 Å². The molecule has 5 rings (SSSR count). The molecule has 4 N–H and O–H groups in total. The van der Waals surface area contributed by atoms with Gasteiger partial charge in [0.15, 0.2) is 9.79 Å². The Hall–Kier alpha value is -5.57. The second-order valence-electron chi connectivity index (χ2n) is 10.2. The van der Waals surface area contributed by atoms with Gasteiger partial charge in [-0.15, -0.1) is 0 Å². The molecule has 3 amide bonds. The lowest BCUT2D eigenvalue weighted by Gasteiger charge is -2.10. The lowest BCUT2D eigenvalue weighted by atomic mass is 10.3. The zero-order valence-corrected chi connectivity index (χ0v) is 28.0. The van der Waals surface area contributed by atoms with Crippen molar-refractivity contribution in [3.05, 3.63) is 97.1 Å². The van der Waals surface area contributed by atoms with Gasteiger partial charge in [-0.05, 0) is 72.8 Å². The Bertz CT molecular complexity index is 1740. The molecule has 0 aliphatic rings. The number of aromatic nitrogens is 2. The van der Waals surface area contributed by atoms with Gasteiger partial charge in [0.2, 0.25) is 17.8 Å². The minimum Gasteiger partial charge on any atom is -0.606 e. The summed E-state index contributed by atoms with van der Waals surface area (Å²) in [5.41, 5.74) is 2.81. The van der Waals surface area contributed by atoms with E-state index in [0.29, 0.717) is 48.3 Å². The molecule has 4 aromatic carbocycles. The van der Waals surface area contributed by atoms with Gasteiger partial charge in [-0.3, -0.25) is 14.9 Å². The van der Waals surface area contributed by atoms with Crippen LogP contribution in [0.15, 0.2) is 107 Å². The van der Waals surface area contributed by atoms with Crippen molar-refractivity contribution in [1.29, 1.82) is 0 Å². The van der Waals surface area contributed by atoms with Crippen molar-refractivity contribution in [2.75, 3.05) is 49.5 Å². The molecule has 14 heteroatoms. The minimum absolute atomic E-state index is 0.108. The maximum Gasteiger partial charge on any atom is 0.413 e. The number of rotatable bonds is 13. The van der Waals surface area contributed by atoms with E-state index < -0.39 is 17.3 Å². The smallest absolute Gasteiger partial charge is 0.413 e. The number of H-pyrrole nitrogens is 1. The third kappa shape index (κ3) is 12.2. The lowest BCUT2D eigenvalue weighted by Crippen LogP contribution is -2.12. The van der Waals surface area contributed by atoms with Crippen LogP contribution in [-0.4, -0.2) is 66.0 Å². The highest BCUT2D eigenvalue weighted by Crippen LogP contribution is 2.24. The summed E-state index contributed by atoms with van der Waals surface area (Å²) >= 11 is -1.27. The van der Waals surface area contributed by atoms with Gasteiger partial charge in [0.25, 0.3) is 0 Å². The first-order valence-corrected chi connectivity index (χ1v) is 16.3. The number of aromatic amines is 1. The number of carbonyl (C=O) groups excluding carboxylic acids is 3. The maximum atomic E-state index is 12.5. The number of hydrogen-bond donors (Lipinski definition) is 4. The normalized spacial score (nSPS) is 11.0. The number of anilines is 3. The summed E-state index contributed by atoms with van der Waals surface area (Å²) in [6.45, 7) is 4.66. The van der Waals surface area contributed by atoms with Gasteiger partial charge in [0.05, 0.1) is 31.4 Å². The molecule has 49 heavy (non-hydrogen) atoms. The minimum atomic E-state index is -1.27. The molecule has 0 saturated heterocycles. The molecular weight excluding hydrogens is 650 g/mol. The van der Waals surface area contributed by atoms with Crippen molar-refractivity contribution in [2.45, 2.75) is 23.6 Å². The third-order valence-corrected chi connectivity index (χ3v) is 7.76. The number of carbonyl (C=O) groups is 3. The first kappa shape index (κ1) is 36.3. The van der Waals surface area contributed by atoms with Crippen LogP contribution in [0.4, 0.5) is 22.1 Å². The molecule has 0 fully saturated rings. The summed E-state index contributed by atoms with van der Waals surface area (Å²) in [4.78, 5) is 41.6. The van der Waals surface area contributed by atoms with Crippen LogP contribution in [0.2, 0.25) is 0 Å². The van der Waals surface area contributed by atoms with Crippen LogP contribution >= 0.6 is 0 Å². The monoisotopic (exact) mass is 687 g/mol. The van der Waals surface area contributed by atoms with Crippen molar-refractivity contribution in [1.82, 2.24) is 9.97 Å². The number of benzene rings is 4. The van der Waals surface area contributed by atoms with Crippen molar-refractivity contribution in [2.24, 2.45) is 0 Å². The summed E-state index contributed by atoms with van der Waals surface area (Å²) in [7, 11) is 1.28. The van der Waals surface area contributed by atoms with Gasteiger partial charge in [-0.25, -0.2) is 9.78 Å². The molecule has 5 aromatic rings. The summed E-state index contributed by atoms with van der Waals surface area (Å²) in [6.07, 6.45) is -0.604. The zero-order valence-electron chi connectivity index (χ0n) is 27.2. The molecule has 1 unspecified atom stereocenters. The first-order valence-electron chi connectivity index (χ1n) is 15.1. The Kier molecular flexibility index (Phi) is 13.8. The average Bonchev–Trinajstić information content (AvgIpc) is 3.50. The van der Waals surface area contributed by atoms with Gasteiger partial charge in [-0.1, -0.05) is 18.2 Å². The Balaban J connectivity index is 0.000000225. The molecule has 0 radical (unpaired) electrons. The molecule has 0 bridgehead atoms. The fourth-order valence-electron chi connectivity index (χ4n) is 4.20. The second-order valence-corrected chi connectivity index (χ2v) is 11.7. The molecular formula is C35H37N5O8S. The van der Waals surface area contributed by atoms with Crippen LogP contribution in [0.5, 0.6) is 11.5 Å². The Morgan fingerprint density at radius 3 is 1.78 bits per heavy atom. The van der Waals surface area contributed by atoms with Crippen molar-refractivity contribution in [3.63, 3.8) is 0 Å². The van der Waals surface area contributed by atoms with E-state index in [4.69, 9.17) is 14.2 Å². The second kappa shape index (κ2) is 18.7. The molecule has 13 nitrogen and oxygen atoms in total. The van der Waals surface area contributed by atoms with Gasteiger partial charge in [0.1, 0.15) is 24.7 Å². The van der Waals surface area contributed by atoms with Crippen LogP contribution in [-0.2, 0) is 30.2 Å². The molecule has 1 aromatic heterocycles. The summed E-state index contributed by atoms with van der Waals surface area (Å²) in [6, 6.07) is 28.8. The quantitative estimate of drug-likeness (QED) is 0.0856. The van der Waals surface area contributed by atoms with Crippen LogP contribution in [0.25, 0.3) is 11.0 Å². The predicted octanol–water partition coefficient (Wildman–Crippen LogP) is 5.99. The zero-order chi connectivity index (χ0) is 35.0. The highest BCUT2D eigenvalue weighted by molar-refractivity contribution is 7.91. The molecule has 0 aliphatic carbocycles. The van der Waals surface area contributed by atoms with Crippen LogP contribution < -0.4 is 25.4 Å². The molecule has 0 aliphatic heterocycles. The van der Waals surface area contributed by atoms with Crippen LogP contribution in [0, 0.1) is 0 Å². The average molecular weight is 688 g/mol. The summed E-state index contributed by atoms with van der Waals surface area (Å²) in [5, 5.41) is 7.85. The first-order chi connectivity index (χ1) is 23.7. The number of ether oxygens (including phenoxy) is 4. The summed E-state index contributed by atoms with van der Waals surface area (Å²) in [5.74, 6) is 1.49. The molecule has 256 valence electrons. The molecule has 0 saturated carbocycles. The van der Waals surface area contributed by atoms with Gasteiger partial charge < -0.3 is 39.1 Å². The lowest BCUT2D eigenvalue weighted by molar-refractivity contribution is -0.115. The number of methoxy groups -OCH3 is 1. The highest BCUT2D eigenvalue weighted by Gasteiger charge is 2.16. The van der Waals surface area contributed by atoms with Gasteiger partial charge >= 0.3 is 6.09 Å². The van der Waals surface area contributed by atoms with E-state index in [-0.39, 0.29) is 17.8 Å². The van der Waals surface area contributed by atoms with E-state index in [1.807, 2.05) is 30.3 Å². The van der Waals surface area contributed by atoms with Crippen LogP contribution in [0.1, 0.15) is 13.8 Å². The SMILES string of the molecule is CC(=O)Nc1ccc(OCCOCCOc2ccc(NC(C)=O)cc2)cc1.COC(=O)Nc1nc2cc([S+]([O-])c3ccccc3)ccc2[nH]1. The predicted molar refractivity (Wildman–Crippen MR) is 187 cm³/mol. The van der Waals surface area contributed by atoms with E-state index in [2.05, 4.69) is 30.7 Å². The van der Waals surface area contributed by atoms with Gasteiger partial charge in [0, 0.05) is 42.5 Å². The van der Waals surface area contributed by atoms with E-state index in [9.17, 15) is 18.9 Å². The maximum absolute atomic E-state index is 12.5. The Morgan fingerprint density at radius 1 is 0.714 bits per heavy atom. The molecule has 1 atom stereocenters. The molecule has 0 spiro atoms. The number of fused-ring (bicyclic) bond motifs is 1. The fourth-order valence-corrected chi connectivity index (χ4v) is 5.29. The largest absolute Gasteiger partial charge is 0.606 e. The number of imidazole rings is 1. The van der Waals surface area contributed by atoms with Crippen LogP contribution in [0.3, 0.4) is 0 Å². The third-order valence-electron chi connectivity index (χ3n) is 6.37. The van der Waals surface area contributed by atoms with E-state index in [0.717, 1.165) is 21.8 Å². The number of nitrogens with one attached hydrogen (secondary N) is 4. The number of nitrogens with zero attached hydrogens (tertiary/aromatic N) is 1. The van der Waals surface area contributed by atoms with E-state index in [1.165, 1.54) is 21.0 Å². The highest BCUT2D eigenvalue weighted by atomic mass is 32.2.